The van der Waals surface area contributed by atoms with E-state index in [0.717, 1.165) is 30.8 Å². The van der Waals surface area contributed by atoms with Crippen LogP contribution in [-0.2, 0) is 19.6 Å². The van der Waals surface area contributed by atoms with E-state index in [1.807, 2.05) is 0 Å². The average Bonchev–Trinajstić information content (AvgIpc) is 2.62. The molecule has 3 aromatic rings. The van der Waals surface area contributed by atoms with Gasteiger partial charge in [-0.3, -0.25) is 4.48 Å². The summed E-state index contributed by atoms with van der Waals surface area (Å²) in [5.74, 6) is 0. The Labute approximate surface area is 155 Å². The molecule has 0 saturated heterocycles. The summed E-state index contributed by atoms with van der Waals surface area (Å²) in [6, 6.07) is 25.0. The van der Waals surface area contributed by atoms with Gasteiger partial charge < -0.3 is 4.90 Å². The minimum absolute atomic E-state index is 0.996. The van der Waals surface area contributed by atoms with Crippen LogP contribution in [0.1, 0.15) is 27.8 Å². The van der Waals surface area contributed by atoms with Crippen LogP contribution in [-0.4, -0.2) is 6.67 Å². The van der Waals surface area contributed by atoms with E-state index in [4.69, 9.17) is 0 Å². The molecule has 26 heavy (non-hydrogen) atoms. The first kappa shape index (κ1) is 15.7. The summed E-state index contributed by atoms with van der Waals surface area (Å²) in [6.45, 7) is 8.59. The van der Waals surface area contributed by atoms with Gasteiger partial charge in [-0.2, -0.15) is 0 Å². The molecule has 0 radical (unpaired) electrons. The van der Waals surface area contributed by atoms with Crippen LogP contribution >= 0.6 is 0 Å². The van der Waals surface area contributed by atoms with Crippen molar-refractivity contribution in [2.24, 2.45) is 0 Å². The second-order valence-electron chi connectivity index (χ2n) is 8.05. The van der Waals surface area contributed by atoms with E-state index < -0.39 is 0 Å². The molecule has 0 saturated carbocycles. The summed E-state index contributed by atoms with van der Waals surface area (Å²) in [4.78, 5) is 2.59. The van der Waals surface area contributed by atoms with Crippen LogP contribution in [0.4, 0.5) is 11.4 Å². The van der Waals surface area contributed by atoms with Crippen molar-refractivity contribution in [3.05, 3.63) is 94.5 Å². The summed E-state index contributed by atoms with van der Waals surface area (Å²) in [5.41, 5.74) is 10.0. The second kappa shape index (κ2) is 5.72. The van der Waals surface area contributed by atoms with Crippen LogP contribution in [0.15, 0.2) is 66.7 Å². The fourth-order valence-corrected chi connectivity index (χ4v) is 4.86. The zero-order chi connectivity index (χ0) is 17.7. The lowest BCUT2D eigenvalue weighted by molar-refractivity contribution is 0.227. The van der Waals surface area contributed by atoms with Crippen LogP contribution < -0.4 is 9.38 Å². The van der Waals surface area contributed by atoms with Gasteiger partial charge in [-0.1, -0.05) is 53.6 Å². The Hall–Kier alpha value is -2.58. The zero-order valence-electron chi connectivity index (χ0n) is 15.6. The number of rotatable bonds is 2. The van der Waals surface area contributed by atoms with Gasteiger partial charge in [0, 0.05) is 16.7 Å². The Balaban J connectivity index is 1.68. The van der Waals surface area contributed by atoms with Crippen molar-refractivity contribution in [1.82, 2.24) is 4.48 Å². The minimum Gasteiger partial charge on any atom is -0.320 e. The number of quaternary nitrogens is 1. The molecule has 0 fully saturated rings. The third-order valence-corrected chi connectivity index (χ3v) is 5.93. The number of benzene rings is 3. The molecule has 0 amide bonds. The Morgan fingerprint density at radius 3 is 2.38 bits per heavy atom. The molecule has 2 nitrogen and oxygen atoms in total. The van der Waals surface area contributed by atoms with Crippen molar-refractivity contribution in [2.45, 2.75) is 33.5 Å². The molecule has 2 aliphatic rings. The predicted octanol–water partition coefficient (Wildman–Crippen LogP) is 5.30. The first-order valence-corrected chi connectivity index (χ1v) is 9.48. The highest BCUT2D eigenvalue weighted by Gasteiger charge is 2.44. The number of hydrogen-bond acceptors (Lipinski definition) is 1. The first-order chi connectivity index (χ1) is 12.6. The number of nitrogens with zero attached hydrogens (tertiary/aromatic N) is 2. The molecule has 2 bridgehead atoms. The fraction of sp³-hybridized carbons (Fsp3) is 0.250. The molecule has 130 valence electrons. The maximum absolute atomic E-state index is 2.59. The van der Waals surface area contributed by atoms with Gasteiger partial charge in [-0.25, -0.2) is 0 Å². The van der Waals surface area contributed by atoms with E-state index >= 15 is 0 Å². The van der Waals surface area contributed by atoms with E-state index in [-0.39, 0.29) is 0 Å². The third-order valence-electron chi connectivity index (χ3n) is 5.93. The standard InChI is InChI=1S/C24H25N2/c1-18-8-10-23-22(13-18)16-26(15-20-6-4-3-5-7-20)17-25(23)14-21-12-19(2)9-11-24(21)26/h3-13H,14-17H2,1-2H3/q+1/t26-/m0/s1. The fourth-order valence-electron chi connectivity index (χ4n) is 4.86. The van der Waals surface area contributed by atoms with Gasteiger partial charge in [0.1, 0.15) is 18.8 Å². The lowest BCUT2D eigenvalue weighted by atomic mass is 9.95. The second-order valence-corrected chi connectivity index (χ2v) is 8.05. The Bertz CT molecular complexity index is 977. The highest BCUT2D eigenvalue weighted by atomic mass is 15.5. The van der Waals surface area contributed by atoms with Crippen molar-refractivity contribution in [1.29, 1.82) is 0 Å². The number of anilines is 1. The summed E-state index contributed by atoms with van der Waals surface area (Å²) in [5, 5.41) is 0. The number of hydrogen-bond donors (Lipinski definition) is 0. The molecule has 1 atom stereocenters. The molecule has 0 aliphatic carbocycles. The lowest BCUT2D eigenvalue weighted by Crippen LogP contribution is -2.60. The van der Waals surface area contributed by atoms with Crippen molar-refractivity contribution >= 4 is 11.4 Å². The quantitative estimate of drug-likeness (QED) is 0.572. The first-order valence-electron chi connectivity index (χ1n) is 9.48. The maximum Gasteiger partial charge on any atom is 0.160 e. The monoisotopic (exact) mass is 341 g/mol. The molecule has 2 heteroatoms. The van der Waals surface area contributed by atoms with Crippen LogP contribution in [0.25, 0.3) is 0 Å². The summed E-state index contributed by atoms with van der Waals surface area (Å²) < 4.78 is 0.996. The molecule has 0 aromatic heterocycles. The smallest absolute Gasteiger partial charge is 0.160 e. The molecule has 2 aliphatic heterocycles. The Morgan fingerprint density at radius 2 is 1.58 bits per heavy atom. The van der Waals surface area contributed by atoms with Crippen LogP contribution in [0.2, 0.25) is 0 Å². The van der Waals surface area contributed by atoms with Crippen LogP contribution in [0, 0.1) is 13.8 Å². The highest BCUT2D eigenvalue weighted by molar-refractivity contribution is 5.66. The van der Waals surface area contributed by atoms with E-state index in [1.54, 1.807) is 0 Å². The normalized spacial score (nSPS) is 20.5. The van der Waals surface area contributed by atoms with Crippen LogP contribution in [0.3, 0.4) is 0 Å². The average molecular weight is 341 g/mol. The highest BCUT2D eigenvalue weighted by Crippen LogP contribution is 2.44. The van der Waals surface area contributed by atoms with Gasteiger partial charge in [0.15, 0.2) is 6.67 Å². The SMILES string of the molecule is Cc1ccc2c(c1)C[N@@+]1(Cc3ccccc3)CN2Cc2cc(C)ccc21. The topological polar surface area (TPSA) is 3.24 Å². The molecule has 2 heterocycles. The summed E-state index contributed by atoms with van der Waals surface area (Å²) in [6.07, 6.45) is 0. The van der Waals surface area contributed by atoms with Gasteiger partial charge in [0.05, 0.1) is 12.2 Å². The van der Waals surface area contributed by atoms with E-state index in [1.165, 1.54) is 39.2 Å². The lowest BCUT2D eigenvalue weighted by Gasteiger charge is -2.50. The molecule has 0 N–H and O–H groups in total. The molecule has 0 unspecified atom stereocenters. The van der Waals surface area contributed by atoms with Gasteiger partial charge in [0.2, 0.25) is 0 Å². The van der Waals surface area contributed by atoms with Gasteiger partial charge in [-0.05, 0) is 38.1 Å². The van der Waals surface area contributed by atoms with Crippen molar-refractivity contribution in [3.8, 4) is 0 Å². The van der Waals surface area contributed by atoms with E-state index in [9.17, 15) is 0 Å². The molecular weight excluding hydrogens is 316 g/mol. The Morgan fingerprint density at radius 1 is 0.846 bits per heavy atom. The van der Waals surface area contributed by atoms with Gasteiger partial charge in [-0.15, -0.1) is 0 Å². The Kier molecular flexibility index (Phi) is 3.44. The third kappa shape index (κ3) is 2.45. The molecule has 5 rings (SSSR count). The minimum atomic E-state index is 0.996. The van der Waals surface area contributed by atoms with E-state index in [0.29, 0.717) is 0 Å². The predicted molar refractivity (Wildman–Crippen MR) is 109 cm³/mol. The molecule has 0 spiro atoms. The van der Waals surface area contributed by atoms with E-state index in [2.05, 4.69) is 85.5 Å². The largest absolute Gasteiger partial charge is 0.320 e. The summed E-state index contributed by atoms with van der Waals surface area (Å²) >= 11 is 0. The molecule has 3 aromatic carbocycles. The van der Waals surface area contributed by atoms with Crippen LogP contribution in [0.5, 0.6) is 0 Å². The van der Waals surface area contributed by atoms with Crippen molar-refractivity contribution in [2.75, 3.05) is 11.6 Å². The molecular formula is C24H25N2+. The summed E-state index contributed by atoms with van der Waals surface area (Å²) in [7, 11) is 0. The number of fused-ring (bicyclic) bond motifs is 6. The van der Waals surface area contributed by atoms with Gasteiger partial charge in [0.25, 0.3) is 0 Å². The van der Waals surface area contributed by atoms with Crippen molar-refractivity contribution in [3.63, 3.8) is 0 Å². The van der Waals surface area contributed by atoms with Crippen molar-refractivity contribution < 1.29 is 0 Å². The zero-order valence-corrected chi connectivity index (χ0v) is 15.6. The van der Waals surface area contributed by atoms with Gasteiger partial charge >= 0.3 is 0 Å². The maximum atomic E-state index is 2.59. The number of aryl methyl sites for hydroxylation is 2.